The molecule has 29 heteroatoms. The van der Waals surface area contributed by atoms with E-state index in [1.807, 2.05) is 48.5 Å². The molecule has 8 atom stereocenters. The summed E-state index contributed by atoms with van der Waals surface area (Å²) >= 11 is 0. The van der Waals surface area contributed by atoms with E-state index < -0.39 is 139 Å². The molecule has 0 aliphatic carbocycles. The molecule has 512 valence electrons. The minimum absolute atomic E-state index is 0.0376. The average molecular weight is 1310 g/mol. The Morgan fingerprint density at radius 2 is 1.11 bits per heavy atom. The van der Waals surface area contributed by atoms with Gasteiger partial charge in [-0.15, -0.1) is 5.10 Å². The largest absolute Gasteiger partial charge is 0.481 e. The van der Waals surface area contributed by atoms with Crippen LogP contribution in [0.15, 0.2) is 79.6 Å². The predicted octanol–water partition coefficient (Wildman–Crippen LogP) is 1.94. The zero-order valence-electron chi connectivity index (χ0n) is 54.9. The number of rotatable bonds is 14. The second kappa shape index (κ2) is 35.3. The van der Waals surface area contributed by atoms with Crippen molar-refractivity contribution in [3.63, 3.8) is 0 Å². The fraction of sp³-hybridized carbons (Fsp3) is 0.515. The summed E-state index contributed by atoms with van der Waals surface area (Å²) in [6.07, 6.45) is 9.87. The first-order valence-electron chi connectivity index (χ1n) is 32.6. The van der Waals surface area contributed by atoms with Gasteiger partial charge >= 0.3 is 5.97 Å². The maximum atomic E-state index is 14.7. The van der Waals surface area contributed by atoms with Gasteiger partial charge in [0.05, 0.1) is 24.3 Å². The summed E-state index contributed by atoms with van der Waals surface area (Å²) in [7, 11) is 0. The van der Waals surface area contributed by atoms with Gasteiger partial charge in [-0.05, 0) is 99.3 Å². The number of carbonyl (C=O) groups is 11. The summed E-state index contributed by atoms with van der Waals surface area (Å²) in [4.78, 5) is 167. The molecule has 1 aliphatic heterocycles. The van der Waals surface area contributed by atoms with E-state index in [0.717, 1.165) is 27.4 Å². The molecular weight excluding hydrogens is 1220 g/mol. The Labute approximate surface area is 550 Å². The third kappa shape index (κ3) is 22.4. The highest BCUT2D eigenvalue weighted by Gasteiger charge is 2.36. The molecule has 2 aromatic carbocycles. The van der Waals surface area contributed by atoms with Crippen molar-refractivity contribution in [2.45, 2.75) is 187 Å². The highest BCUT2D eigenvalue weighted by Crippen LogP contribution is 2.22. The van der Waals surface area contributed by atoms with Crippen molar-refractivity contribution in [1.82, 2.24) is 88.1 Å². The van der Waals surface area contributed by atoms with Gasteiger partial charge in [-0.3, -0.25) is 57.4 Å². The van der Waals surface area contributed by atoms with Gasteiger partial charge in [0.1, 0.15) is 48.3 Å². The molecule has 0 fully saturated rings. The van der Waals surface area contributed by atoms with E-state index in [2.05, 4.69) is 83.4 Å². The van der Waals surface area contributed by atoms with Crippen molar-refractivity contribution < 1.29 is 57.8 Å². The highest BCUT2D eigenvalue weighted by atomic mass is 16.4. The molecule has 1 aliphatic rings. The Kier molecular flexibility index (Phi) is 27.0. The molecule has 2 bridgehead atoms. The molecule has 0 saturated carbocycles. The van der Waals surface area contributed by atoms with Crippen LogP contribution in [0.4, 0.5) is 0 Å². The van der Waals surface area contributed by atoms with Crippen LogP contribution in [0.5, 0.6) is 0 Å². The van der Waals surface area contributed by atoms with Crippen LogP contribution in [0.1, 0.15) is 129 Å². The third-order valence-electron chi connectivity index (χ3n) is 16.3. The van der Waals surface area contributed by atoms with E-state index in [-0.39, 0.29) is 56.9 Å². The predicted molar refractivity (Wildman–Crippen MR) is 351 cm³/mol. The van der Waals surface area contributed by atoms with Gasteiger partial charge in [0.2, 0.25) is 59.1 Å². The Hall–Kier alpha value is -9.96. The van der Waals surface area contributed by atoms with E-state index in [1.165, 1.54) is 19.4 Å². The van der Waals surface area contributed by atoms with Crippen molar-refractivity contribution in [2.75, 3.05) is 13.1 Å². The minimum atomic E-state index is -1.55. The number of carboxylic acid groups (broad SMARTS) is 1. The van der Waals surface area contributed by atoms with Crippen molar-refractivity contribution in [2.24, 2.45) is 17.8 Å². The first kappa shape index (κ1) is 72.5. The van der Waals surface area contributed by atoms with Gasteiger partial charge in [-0.1, -0.05) is 83.2 Å². The van der Waals surface area contributed by atoms with Crippen molar-refractivity contribution in [3.05, 3.63) is 102 Å². The fourth-order valence-electron chi connectivity index (χ4n) is 11.2. The van der Waals surface area contributed by atoms with Crippen LogP contribution < -0.4 is 53.2 Å². The fourth-order valence-corrected chi connectivity index (χ4v) is 11.2. The summed E-state index contributed by atoms with van der Waals surface area (Å²) in [6, 6.07) is 4.56. The van der Waals surface area contributed by atoms with Gasteiger partial charge in [-0.2, -0.15) is 0 Å². The van der Waals surface area contributed by atoms with Crippen LogP contribution in [-0.2, 0) is 85.0 Å². The minimum Gasteiger partial charge on any atom is -0.481 e. The maximum absolute atomic E-state index is 14.7. The number of aromatic amines is 3. The SMILES string of the molecule is CC(C)C[C@@H]1NC(=O)[C@H](Cc2c[nH]cn2)NC(=O)[C@H](Cc2c[nH]c3ccccc23)NC(=O)[C@H](C)NC(=O)CCCc2cn(nn2)CCCCCNC(=O)[C@H](Cc2c[nH]c3ccccc23)NC(=O)C(C(C)C)NC(=O)[C@H](CC(C)C)NC(=O)[C@H](CCC(=O)O)NC(=O)CNC1=O. The van der Waals surface area contributed by atoms with Gasteiger partial charge in [-0.25, -0.2) is 4.98 Å². The summed E-state index contributed by atoms with van der Waals surface area (Å²) in [5.74, 6) is -9.57. The number of aryl methyl sites for hydroxylation is 2. The number of para-hydroxylation sites is 2. The number of hydrogen-bond donors (Lipinski definition) is 14. The number of aliphatic carboxylic acids is 1. The molecule has 95 heavy (non-hydrogen) atoms. The monoisotopic (exact) mass is 1310 g/mol. The van der Waals surface area contributed by atoms with E-state index in [0.29, 0.717) is 55.6 Å². The number of fused-ring (bicyclic) bond motifs is 4. The van der Waals surface area contributed by atoms with E-state index in [4.69, 9.17) is 0 Å². The number of nitrogens with zero attached hydrogens (tertiary/aromatic N) is 4. The molecule has 14 N–H and O–H groups in total. The van der Waals surface area contributed by atoms with Crippen molar-refractivity contribution >= 4 is 86.8 Å². The lowest BCUT2D eigenvalue weighted by atomic mass is 9.98. The number of carbonyl (C=O) groups excluding carboxylic acids is 10. The number of nitrogens with one attached hydrogen (secondary N) is 13. The molecule has 0 radical (unpaired) electrons. The van der Waals surface area contributed by atoms with Crippen molar-refractivity contribution in [3.8, 4) is 0 Å². The summed E-state index contributed by atoms with van der Waals surface area (Å²) in [5.41, 5.74) is 4.03. The van der Waals surface area contributed by atoms with E-state index in [9.17, 15) is 57.8 Å². The second-order valence-corrected chi connectivity index (χ2v) is 25.4. The first-order chi connectivity index (χ1) is 45.4. The smallest absolute Gasteiger partial charge is 0.303 e. The zero-order chi connectivity index (χ0) is 68.7. The number of imidazole rings is 1. The molecule has 5 heterocycles. The average Bonchev–Trinajstić information content (AvgIpc) is 1.84. The highest BCUT2D eigenvalue weighted by molar-refractivity contribution is 5.99. The van der Waals surface area contributed by atoms with Crippen LogP contribution in [0.2, 0.25) is 0 Å². The van der Waals surface area contributed by atoms with Crippen LogP contribution in [0.3, 0.4) is 0 Å². The number of benzene rings is 2. The van der Waals surface area contributed by atoms with Crippen molar-refractivity contribution in [1.29, 1.82) is 0 Å². The van der Waals surface area contributed by atoms with Crippen LogP contribution in [0, 0.1) is 17.8 Å². The van der Waals surface area contributed by atoms with Crippen LogP contribution in [-0.4, -0.2) is 167 Å². The standard InChI is InChI=1S/C66H91N17O12/c1-37(2)26-50-61(90)71-34-56(85)74-49(22-23-57(86)87)62(91)77-51(27-38(3)4)65(94)80-58(39(5)6)66(95)79-52(28-41-31-69-47-19-11-9-17-45(41)47)60(89)68-24-13-8-14-25-83-35-43(81-82-83)16-15-21-55(84)73-40(7)59(88)75-53(29-42-32-70-48-20-12-10-18-46(42)48)63(92)78-54(64(93)76-50)30-44-33-67-36-72-44/h9-12,17-20,31-33,35-40,49-54,58,69-70H,8,13-16,21-30,34H2,1-7H3,(H,67,72)(H,68,89)(H,71,90)(H,73,84)(H,74,85)(H,75,88)(H,76,93)(H,77,91)(H,78,92)(H,79,95)(H,80,94)(H,86,87)/t40-,49-,50-,51-,52-,53-,54-,58?/m0/s1. The quantitative estimate of drug-likeness (QED) is 0.0741. The van der Waals surface area contributed by atoms with Gasteiger partial charge < -0.3 is 73.2 Å². The summed E-state index contributed by atoms with van der Waals surface area (Å²) < 4.78 is 1.70. The molecule has 1 unspecified atom stereocenters. The molecule has 0 spiro atoms. The summed E-state index contributed by atoms with van der Waals surface area (Å²) in [6.45, 7) is 12.1. The lowest BCUT2D eigenvalue weighted by Gasteiger charge is -2.29. The number of amides is 10. The molecule has 7 rings (SSSR count). The lowest BCUT2D eigenvalue weighted by Crippen LogP contribution is -2.60. The van der Waals surface area contributed by atoms with Gasteiger partial charge in [0, 0.05) is 91.8 Å². The third-order valence-corrected chi connectivity index (χ3v) is 16.3. The lowest BCUT2D eigenvalue weighted by molar-refractivity contribution is -0.138. The van der Waals surface area contributed by atoms with E-state index >= 15 is 0 Å². The number of H-pyrrole nitrogens is 3. The first-order valence-corrected chi connectivity index (χ1v) is 32.6. The Morgan fingerprint density at radius 1 is 0.558 bits per heavy atom. The van der Waals surface area contributed by atoms with E-state index in [1.54, 1.807) is 64.8 Å². The molecule has 10 amide bonds. The Bertz CT molecular complexity index is 3610. The van der Waals surface area contributed by atoms with Gasteiger partial charge in [0.25, 0.3) is 0 Å². The Balaban J connectivity index is 1.13. The molecule has 4 aromatic heterocycles. The molecular formula is C66H91N17O12. The number of carboxylic acids is 1. The second-order valence-electron chi connectivity index (χ2n) is 25.4. The summed E-state index contributed by atoms with van der Waals surface area (Å²) in [5, 5.41) is 47.1. The Morgan fingerprint density at radius 3 is 1.71 bits per heavy atom. The molecule has 6 aromatic rings. The number of aromatic nitrogens is 7. The topological polar surface area (TPSA) is 419 Å². The molecule has 0 saturated heterocycles. The normalized spacial score (nSPS) is 22.5. The zero-order valence-corrected chi connectivity index (χ0v) is 54.9. The number of hydrogen-bond acceptors (Lipinski definition) is 14. The van der Waals surface area contributed by atoms with Gasteiger partial charge in [0.15, 0.2) is 0 Å². The maximum Gasteiger partial charge on any atom is 0.303 e. The van der Waals surface area contributed by atoms with Crippen LogP contribution >= 0.6 is 0 Å². The van der Waals surface area contributed by atoms with Crippen LogP contribution in [0.25, 0.3) is 21.8 Å². The molecule has 29 nitrogen and oxygen atoms in total.